The lowest BCUT2D eigenvalue weighted by Gasteiger charge is -2.29. The molecular weight excluding hydrogens is 477 g/mol. The number of hydrogen-bond acceptors (Lipinski definition) is 3. The van der Waals surface area contributed by atoms with Gasteiger partial charge in [-0.15, -0.1) is 24.0 Å². The monoisotopic (exact) mass is 513 g/mol. The molecule has 1 N–H and O–H groups in total. The predicted molar refractivity (Wildman–Crippen MR) is 130 cm³/mol. The first kappa shape index (κ1) is 23.9. The third-order valence-electron chi connectivity index (χ3n) is 5.95. The van der Waals surface area contributed by atoms with Gasteiger partial charge in [0.2, 0.25) is 5.91 Å². The molecule has 3 rings (SSSR count). The van der Waals surface area contributed by atoms with Gasteiger partial charge >= 0.3 is 0 Å². The van der Waals surface area contributed by atoms with Crippen LogP contribution in [-0.4, -0.2) is 72.9 Å². The number of benzene rings is 1. The number of nitrogens with zero attached hydrogens (tertiary/aromatic N) is 4. The SMILES string of the molecule is CCN1CCCC1CN(C)C(=NC)NCc1cccc(CN2CCCC2=O)c1.I. The van der Waals surface area contributed by atoms with Crippen LogP contribution < -0.4 is 5.32 Å². The number of carbonyl (C=O) groups excluding carboxylic acids is 1. The van der Waals surface area contributed by atoms with Crippen LogP contribution in [0.25, 0.3) is 0 Å². The van der Waals surface area contributed by atoms with Gasteiger partial charge < -0.3 is 15.1 Å². The lowest BCUT2D eigenvalue weighted by Crippen LogP contribution is -2.45. The molecule has 1 aromatic carbocycles. The number of hydrogen-bond donors (Lipinski definition) is 1. The lowest BCUT2D eigenvalue weighted by molar-refractivity contribution is -0.128. The van der Waals surface area contributed by atoms with Crippen molar-refractivity contribution < 1.29 is 4.79 Å². The van der Waals surface area contributed by atoms with Crippen LogP contribution in [-0.2, 0) is 17.9 Å². The molecule has 29 heavy (non-hydrogen) atoms. The summed E-state index contributed by atoms with van der Waals surface area (Å²) in [5, 5.41) is 3.50. The van der Waals surface area contributed by atoms with Gasteiger partial charge in [0, 0.05) is 52.7 Å². The second-order valence-corrected chi connectivity index (χ2v) is 7.94. The van der Waals surface area contributed by atoms with Crippen LogP contribution in [0.15, 0.2) is 29.3 Å². The Morgan fingerprint density at radius 1 is 1.28 bits per heavy atom. The smallest absolute Gasteiger partial charge is 0.222 e. The van der Waals surface area contributed by atoms with Crippen LogP contribution >= 0.6 is 24.0 Å². The molecule has 2 aliphatic rings. The number of carbonyl (C=O) groups is 1. The molecule has 6 nitrogen and oxygen atoms in total. The van der Waals surface area contributed by atoms with Crippen LogP contribution in [0.2, 0.25) is 0 Å². The Hall–Kier alpha value is -1.35. The summed E-state index contributed by atoms with van der Waals surface area (Å²) in [6.07, 6.45) is 4.25. The molecule has 2 fully saturated rings. The van der Waals surface area contributed by atoms with Gasteiger partial charge in [0.25, 0.3) is 0 Å². The number of guanidine groups is 1. The molecule has 0 spiro atoms. The van der Waals surface area contributed by atoms with Crippen LogP contribution in [0.5, 0.6) is 0 Å². The summed E-state index contributed by atoms with van der Waals surface area (Å²) >= 11 is 0. The first-order chi connectivity index (χ1) is 13.6. The van der Waals surface area contributed by atoms with Crippen LogP contribution in [0.4, 0.5) is 0 Å². The van der Waals surface area contributed by atoms with Gasteiger partial charge in [-0.1, -0.05) is 31.2 Å². The van der Waals surface area contributed by atoms with Crippen LogP contribution in [0, 0.1) is 0 Å². The van der Waals surface area contributed by atoms with E-state index in [0.29, 0.717) is 12.5 Å². The van der Waals surface area contributed by atoms with Gasteiger partial charge in [-0.2, -0.15) is 0 Å². The topological polar surface area (TPSA) is 51.2 Å². The first-order valence-corrected chi connectivity index (χ1v) is 10.6. The van der Waals surface area contributed by atoms with E-state index in [0.717, 1.165) is 45.1 Å². The number of nitrogens with one attached hydrogen (secondary N) is 1. The Balaban J connectivity index is 0.00000300. The Kier molecular flexibility index (Phi) is 9.68. The van der Waals surface area contributed by atoms with Crippen molar-refractivity contribution in [3.05, 3.63) is 35.4 Å². The molecule has 1 aromatic rings. The minimum absolute atomic E-state index is 0. The molecule has 0 aromatic heterocycles. The maximum Gasteiger partial charge on any atom is 0.222 e. The zero-order chi connectivity index (χ0) is 19.9. The van der Waals surface area contributed by atoms with Crippen molar-refractivity contribution in [2.75, 3.05) is 40.3 Å². The van der Waals surface area contributed by atoms with Crippen molar-refractivity contribution in [2.45, 2.75) is 51.7 Å². The fraction of sp³-hybridized carbons (Fsp3) is 0.636. The zero-order valence-electron chi connectivity index (χ0n) is 18.1. The second-order valence-electron chi connectivity index (χ2n) is 7.94. The van der Waals surface area contributed by atoms with E-state index in [-0.39, 0.29) is 29.9 Å². The minimum Gasteiger partial charge on any atom is -0.352 e. The van der Waals surface area contributed by atoms with E-state index in [1.807, 2.05) is 11.9 Å². The molecule has 1 unspecified atom stereocenters. The molecule has 0 aliphatic carbocycles. The molecule has 0 bridgehead atoms. The van der Waals surface area contributed by atoms with Crippen molar-refractivity contribution in [1.29, 1.82) is 0 Å². The lowest BCUT2D eigenvalue weighted by atomic mass is 10.1. The zero-order valence-corrected chi connectivity index (χ0v) is 20.4. The van der Waals surface area contributed by atoms with E-state index in [9.17, 15) is 4.79 Å². The summed E-state index contributed by atoms with van der Waals surface area (Å²) in [7, 11) is 3.97. The molecule has 162 valence electrons. The highest BCUT2D eigenvalue weighted by Crippen LogP contribution is 2.18. The van der Waals surface area contributed by atoms with E-state index in [1.165, 1.54) is 30.5 Å². The Morgan fingerprint density at radius 3 is 2.76 bits per heavy atom. The summed E-state index contributed by atoms with van der Waals surface area (Å²) in [6, 6.07) is 9.13. The molecule has 2 heterocycles. The van der Waals surface area contributed by atoms with Crippen molar-refractivity contribution in [1.82, 2.24) is 20.0 Å². The van der Waals surface area contributed by atoms with Crippen molar-refractivity contribution in [3.63, 3.8) is 0 Å². The average molecular weight is 513 g/mol. The quantitative estimate of drug-likeness (QED) is 0.346. The van der Waals surface area contributed by atoms with E-state index in [1.54, 1.807) is 0 Å². The van der Waals surface area contributed by atoms with Gasteiger partial charge in [-0.25, -0.2) is 0 Å². The standard InChI is InChI=1S/C22H35N5O.HI/c1-4-26-12-6-10-20(26)17-25(3)22(23-2)24-15-18-8-5-9-19(14-18)16-27-13-7-11-21(27)28;/h5,8-9,14,20H,4,6-7,10-13,15-17H2,1-3H3,(H,23,24);1H. The fourth-order valence-electron chi connectivity index (χ4n) is 4.42. The number of amides is 1. The van der Waals surface area contributed by atoms with Crippen molar-refractivity contribution >= 4 is 35.8 Å². The molecule has 2 saturated heterocycles. The highest BCUT2D eigenvalue weighted by molar-refractivity contribution is 14.0. The summed E-state index contributed by atoms with van der Waals surface area (Å²) in [6.45, 7) is 7.92. The van der Waals surface area contributed by atoms with Gasteiger partial charge in [0.1, 0.15) is 0 Å². The number of aliphatic imine (C=N–C) groups is 1. The minimum atomic E-state index is 0. The Morgan fingerprint density at radius 2 is 2.07 bits per heavy atom. The molecule has 0 radical (unpaired) electrons. The van der Waals surface area contributed by atoms with Gasteiger partial charge in [-0.3, -0.25) is 14.7 Å². The maximum atomic E-state index is 11.9. The number of likely N-dealkylation sites (N-methyl/N-ethyl adjacent to an activating group) is 2. The third-order valence-corrected chi connectivity index (χ3v) is 5.95. The van der Waals surface area contributed by atoms with Crippen LogP contribution in [0.1, 0.15) is 43.7 Å². The van der Waals surface area contributed by atoms with E-state index in [2.05, 4.69) is 58.3 Å². The van der Waals surface area contributed by atoms with Crippen molar-refractivity contribution in [3.8, 4) is 0 Å². The number of halogens is 1. The fourth-order valence-corrected chi connectivity index (χ4v) is 4.42. The maximum absolute atomic E-state index is 11.9. The third kappa shape index (κ3) is 6.57. The van der Waals surface area contributed by atoms with E-state index >= 15 is 0 Å². The number of rotatable bonds is 7. The highest BCUT2D eigenvalue weighted by Gasteiger charge is 2.25. The molecule has 2 aliphatic heterocycles. The van der Waals surface area contributed by atoms with E-state index < -0.39 is 0 Å². The van der Waals surface area contributed by atoms with Gasteiger partial charge in [-0.05, 0) is 43.5 Å². The summed E-state index contributed by atoms with van der Waals surface area (Å²) in [5.74, 6) is 1.21. The highest BCUT2D eigenvalue weighted by atomic mass is 127. The molecule has 7 heteroatoms. The summed E-state index contributed by atoms with van der Waals surface area (Å²) in [4.78, 5) is 23.1. The average Bonchev–Trinajstić information content (AvgIpc) is 3.31. The summed E-state index contributed by atoms with van der Waals surface area (Å²) in [5.41, 5.74) is 2.41. The van der Waals surface area contributed by atoms with Crippen LogP contribution in [0.3, 0.4) is 0 Å². The Bertz CT molecular complexity index is 696. The number of likely N-dealkylation sites (tertiary alicyclic amines) is 2. The normalized spacial score (nSPS) is 20.1. The first-order valence-electron chi connectivity index (χ1n) is 10.6. The molecule has 1 atom stereocenters. The second kappa shape index (κ2) is 11.7. The molecule has 0 saturated carbocycles. The Labute approximate surface area is 192 Å². The van der Waals surface area contributed by atoms with Crippen molar-refractivity contribution in [2.24, 2.45) is 4.99 Å². The molecular formula is C22H36IN5O. The largest absolute Gasteiger partial charge is 0.352 e. The van der Waals surface area contributed by atoms with Gasteiger partial charge in [0.15, 0.2) is 5.96 Å². The predicted octanol–water partition coefficient (Wildman–Crippen LogP) is 2.92. The van der Waals surface area contributed by atoms with E-state index in [4.69, 9.17) is 0 Å². The summed E-state index contributed by atoms with van der Waals surface area (Å²) < 4.78 is 0. The van der Waals surface area contributed by atoms with Gasteiger partial charge in [0.05, 0.1) is 0 Å². The molecule has 1 amide bonds.